The molecule has 2 aromatic rings. The van der Waals surface area contributed by atoms with E-state index < -0.39 is 17.8 Å². The summed E-state index contributed by atoms with van der Waals surface area (Å²) in [6.07, 6.45) is -5.70. The fraction of sp³-hybridized carbons (Fsp3) is 0.167. The SMILES string of the molecule is OC(c1cccc(C(F)(F)F)c1)c1cc(Br)c(Br)o1. The predicted molar refractivity (Wildman–Crippen MR) is 69.6 cm³/mol. The lowest BCUT2D eigenvalue weighted by atomic mass is 10.0. The Morgan fingerprint density at radius 1 is 1.16 bits per heavy atom. The lowest BCUT2D eigenvalue weighted by Crippen LogP contribution is -2.07. The van der Waals surface area contributed by atoms with Crippen LogP contribution in [-0.4, -0.2) is 5.11 Å². The molecule has 2 rings (SSSR count). The maximum absolute atomic E-state index is 12.6. The van der Waals surface area contributed by atoms with E-state index in [0.29, 0.717) is 9.14 Å². The van der Waals surface area contributed by atoms with Gasteiger partial charge in [-0.25, -0.2) is 0 Å². The molecule has 1 unspecified atom stereocenters. The number of alkyl halides is 3. The quantitative estimate of drug-likeness (QED) is 0.778. The Bertz CT molecular complexity index is 573. The molecule has 7 heteroatoms. The van der Waals surface area contributed by atoms with E-state index in [4.69, 9.17) is 4.42 Å². The summed E-state index contributed by atoms with van der Waals surface area (Å²) in [5, 5.41) is 10.0. The number of aliphatic hydroxyl groups is 1. The third-order valence-electron chi connectivity index (χ3n) is 2.46. The number of aliphatic hydroxyl groups excluding tert-OH is 1. The van der Waals surface area contributed by atoms with Gasteiger partial charge in [0.1, 0.15) is 11.9 Å². The largest absolute Gasteiger partial charge is 0.450 e. The van der Waals surface area contributed by atoms with Crippen LogP contribution in [0, 0.1) is 0 Å². The first-order valence-corrected chi connectivity index (χ1v) is 6.67. The lowest BCUT2D eigenvalue weighted by molar-refractivity contribution is -0.137. The number of rotatable bonds is 2. The first-order chi connectivity index (χ1) is 8.79. The van der Waals surface area contributed by atoms with E-state index in [-0.39, 0.29) is 11.3 Å². The molecule has 1 heterocycles. The van der Waals surface area contributed by atoms with Crippen LogP contribution < -0.4 is 0 Å². The smallest absolute Gasteiger partial charge is 0.416 e. The fourth-order valence-corrected chi connectivity index (χ4v) is 2.16. The summed E-state index contributed by atoms with van der Waals surface area (Å²) in [4.78, 5) is 0. The third kappa shape index (κ3) is 3.21. The minimum absolute atomic E-state index is 0.114. The molecule has 19 heavy (non-hydrogen) atoms. The van der Waals surface area contributed by atoms with E-state index >= 15 is 0 Å². The van der Waals surface area contributed by atoms with Gasteiger partial charge in [0.05, 0.1) is 10.0 Å². The molecule has 102 valence electrons. The highest BCUT2D eigenvalue weighted by atomic mass is 79.9. The van der Waals surface area contributed by atoms with Crippen LogP contribution in [0.4, 0.5) is 13.2 Å². The zero-order valence-corrected chi connectivity index (χ0v) is 12.4. The van der Waals surface area contributed by atoms with E-state index in [1.165, 1.54) is 18.2 Å². The van der Waals surface area contributed by atoms with Gasteiger partial charge in [0.2, 0.25) is 0 Å². The van der Waals surface area contributed by atoms with Crippen LogP contribution in [0.5, 0.6) is 0 Å². The van der Waals surface area contributed by atoms with Gasteiger partial charge in [-0.1, -0.05) is 12.1 Å². The molecule has 0 amide bonds. The molecule has 0 radical (unpaired) electrons. The molecular weight excluding hydrogens is 393 g/mol. The van der Waals surface area contributed by atoms with Gasteiger partial charge >= 0.3 is 6.18 Å². The molecule has 0 bridgehead atoms. The van der Waals surface area contributed by atoms with Gasteiger partial charge in [0.25, 0.3) is 0 Å². The molecule has 1 N–H and O–H groups in total. The molecule has 2 nitrogen and oxygen atoms in total. The highest BCUT2D eigenvalue weighted by Crippen LogP contribution is 2.35. The van der Waals surface area contributed by atoms with Gasteiger partial charge < -0.3 is 9.52 Å². The van der Waals surface area contributed by atoms with Crippen molar-refractivity contribution in [2.24, 2.45) is 0 Å². The third-order valence-corrected chi connectivity index (χ3v) is 4.17. The van der Waals surface area contributed by atoms with Crippen LogP contribution in [0.2, 0.25) is 0 Å². The van der Waals surface area contributed by atoms with Gasteiger partial charge in [-0.05, 0) is 55.6 Å². The summed E-state index contributed by atoms with van der Waals surface area (Å²) in [6.45, 7) is 0. The van der Waals surface area contributed by atoms with Crippen LogP contribution in [0.1, 0.15) is 23.0 Å². The second-order valence-electron chi connectivity index (χ2n) is 3.80. The van der Waals surface area contributed by atoms with Crippen molar-refractivity contribution < 1.29 is 22.7 Å². The monoisotopic (exact) mass is 398 g/mol. The number of halogens is 5. The molecule has 0 fully saturated rings. The van der Waals surface area contributed by atoms with Gasteiger partial charge in [0.15, 0.2) is 4.67 Å². The Balaban J connectivity index is 2.36. The van der Waals surface area contributed by atoms with E-state index in [1.807, 2.05) is 0 Å². The Kier molecular flexibility index (Phi) is 4.08. The summed E-state index contributed by atoms with van der Waals surface area (Å²) in [5.41, 5.74) is -0.697. The average molecular weight is 400 g/mol. The molecular formula is C12H7Br2F3O2. The minimum atomic E-state index is -4.44. The first-order valence-electron chi connectivity index (χ1n) is 5.09. The van der Waals surface area contributed by atoms with E-state index in [0.717, 1.165) is 12.1 Å². The number of hydrogen-bond donors (Lipinski definition) is 1. The van der Waals surface area contributed by atoms with Crippen LogP contribution in [0.25, 0.3) is 0 Å². The summed E-state index contributed by atoms with van der Waals surface area (Å²) < 4.78 is 43.9. The molecule has 1 aromatic carbocycles. The second-order valence-corrected chi connectivity index (χ2v) is 5.37. The molecule has 0 aliphatic rings. The van der Waals surface area contributed by atoms with Crippen molar-refractivity contribution in [3.05, 3.63) is 56.4 Å². The van der Waals surface area contributed by atoms with Crippen LogP contribution in [0.3, 0.4) is 0 Å². The number of benzene rings is 1. The summed E-state index contributed by atoms with van der Waals surface area (Å²) in [7, 11) is 0. The summed E-state index contributed by atoms with van der Waals surface area (Å²) in [6, 6.07) is 5.99. The number of furan rings is 1. The van der Waals surface area contributed by atoms with Crippen LogP contribution >= 0.6 is 31.9 Å². The summed E-state index contributed by atoms with van der Waals surface area (Å²) in [5.74, 6) is 0.151. The van der Waals surface area contributed by atoms with E-state index in [9.17, 15) is 18.3 Å². The average Bonchev–Trinajstić information content (AvgIpc) is 2.68. The van der Waals surface area contributed by atoms with Crippen molar-refractivity contribution in [1.82, 2.24) is 0 Å². The Labute approximate surface area is 123 Å². The summed E-state index contributed by atoms with van der Waals surface area (Å²) >= 11 is 6.27. The van der Waals surface area contributed by atoms with Crippen molar-refractivity contribution in [3.63, 3.8) is 0 Å². The minimum Gasteiger partial charge on any atom is -0.450 e. The topological polar surface area (TPSA) is 33.4 Å². The van der Waals surface area contributed by atoms with Gasteiger partial charge in [-0.2, -0.15) is 13.2 Å². The molecule has 0 spiro atoms. The molecule has 0 saturated heterocycles. The zero-order chi connectivity index (χ0) is 14.2. The Morgan fingerprint density at radius 2 is 1.84 bits per heavy atom. The van der Waals surface area contributed by atoms with Gasteiger partial charge in [0, 0.05) is 0 Å². The number of hydrogen-bond acceptors (Lipinski definition) is 2. The zero-order valence-electron chi connectivity index (χ0n) is 9.21. The van der Waals surface area contributed by atoms with Crippen molar-refractivity contribution in [1.29, 1.82) is 0 Å². The second kappa shape index (κ2) is 5.30. The first kappa shape index (κ1) is 14.6. The molecule has 1 aromatic heterocycles. The van der Waals surface area contributed by atoms with E-state index in [2.05, 4.69) is 31.9 Å². The maximum atomic E-state index is 12.6. The fourth-order valence-electron chi connectivity index (χ4n) is 1.55. The van der Waals surface area contributed by atoms with E-state index in [1.54, 1.807) is 0 Å². The van der Waals surface area contributed by atoms with Crippen molar-refractivity contribution in [2.75, 3.05) is 0 Å². The van der Waals surface area contributed by atoms with Crippen molar-refractivity contribution >= 4 is 31.9 Å². The van der Waals surface area contributed by atoms with Crippen molar-refractivity contribution in [3.8, 4) is 0 Å². The highest BCUT2D eigenvalue weighted by Gasteiger charge is 2.31. The van der Waals surface area contributed by atoms with Crippen LogP contribution in [-0.2, 0) is 6.18 Å². The molecule has 0 aliphatic heterocycles. The lowest BCUT2D eigenvalue weighted by Gasteiger charge is -2.11. The maximum Gasteiger partial charge on any atom is 0.416 e. The van der Waals surface area contributed by atoms with Gasteiger partial charge in [-0.3, -0.25) is 0 Å². The molecule has 1 atom stereocenters. The molecule has 0 aliphatic carbocycles. The Morgan fingerprint density at radius 3 is 2.37 bits per heavy atom. The molecule has 0 saturated carbocycles. The normalized spacial score (nSPS) is 13.6. The predicted octanol–water partition coefficient (Wildman–Crippen LogP) is 4.91. The highest BCUT2D eigenvalue weighted by molar-refractivity contribution is 9.13. The Hall–Kier alpha value is -0.790. The van der Waals surface area contributed by atoms with Crippen LogP contribution in [0.15, 0.2) is 43.9 Å². The van der Waals surface area contributed by atoms with Crippen molar-refractivity contribution in [2.45, 2.75) is 12.3 Å². The van der Waals surface area contributed by atoms with Gasteiger partial charge in [-0.15, -0.1) is 0 Å². The standard InChI is InChI=1S/C12H7Br2F3O2/c13-8-5-9(19-11(8)14)10(18)6-2-1-3-7(4-6)12(15,16)17/h1-5,10,18H.